The molecule has 0 radical (unpaired) electrons. The molecule has 34 heavy (non-hydrogen) atoms. The van der Waals surface area contributed by atoms with Crippen molar-refractivity contribution in [1.82, 2.24) is 10.2 Å². The van der Waals surface area contributed by atoms with Crippen LogP contribution in [0.3, 0.4) is 0 Å². The van der Waals surface area contributed by atoms with E-state index >= 15 is 0 Å². The first-order valence-electron chi connectivity index (χ1n) is 12.4. The van der Waals surface area contributed by atoms with Gasteiger partial charge in [0.15, 0.2) is 0 Å². The van der Waals surface area contributed by atoms with E-state index in [9.17, 15) is 9.59 Å². The fourth-order valence-electron chi connectivity index (χ4n) is 4.85. The highest BCUT2D eigenvalue weighted by Crippen LogP contribution is 2.29. The number of amides is 2. The Morgan fingerprint density at radius 3 is 1.85 bits per heavy atom. The number of hydrogen-bond donors (Lipinski definition) is 1. The van der Waals surface area contributed by atoms with Crippen LogP contribution in [0.2, 0.25) is 0 Å². The van der Waals surface area contributed by atoms with Gasteiger partial charge in [0.25, 0.3) is 0 Å². The lowest BCUT2D eigenvalue weighted by Gasteiger charge is -2.31. The van der Waals surface area contributed by atoms with E-state index in [1.54, 1.807) is 4.90 Å². The van der Waals surface area contributed by atoms with Crippen molar-refractivity contribution in [2.24, 2.45) is 0 Å². The summed E-state index contributed by atoms with van der Waals surface area (Å²) in [6.07, 6.45) is 4.66. The van der Waals surface area contributed by atoms with E-state index in [0.29, 0.717) is 13.0 Å². The maximum absolute atomic E-state index is 13.8. The molecule has 1 fully saturated rings. The van der Waals surface area contributed by atoms with Crippen molar-refractivity contribution in [3.63, 3.8) is 0 Å². The van der Waals surface area contributed by atoms with Crippen LogP contribution in [0.25, 0.3) is 0 Å². The Labute approximate surface area is 203 Å². The summed E-state index contributed by atoms with van der Waals surface area (Å²) in [6, 6.07) is 29.9. The Balaban J connectivity index is 1.58. The molecule has 0 spiro atoms. The molecular weight excluding hydrogens is 420 g/mol. The molecule has 3 aromatic rings. The zero-order chi connectivity index (χ0) is 23.8. The molecule has 1 N–H and O–H groups in total. The van der Waals surface area contributed by atoms with Gasteiger partial charge in [0, 0.05) is 24.9 Å². The minimum absolute atomic E-state index is 0.0179. The van der Waals surface area contributed by atoms with E-state index in [1.165, 1.54) is 0 Å². The third kappa shape index (κ3) is 6.13. The molecule has 2 amide bonds. The molecule has 0 aromatic heterocycles. The molecule has 1 aliphatic carbocycles. The fraction of sp³-hybridized carbons (Fsp3) is 0.333. The van der Waals surface area contributed by atoms with Gasteiger partial charge < -0.3 is 10.2 Å². The van der Waals surface area contributed by atoms with Crippen molar-refractivity contribution in [2.45, 2.75) is 63.6 Å². The molecule has 0 bridgehead atoms. The highest BCUT2D eigenvalue weighted by atomic mass is 16.2. The van der Waals surface area contributed by atoms with Crippen molar-refractivity contribution in [3.05, 3.63) is 108 Å². The second-order valence-electron chi connectivity index (χ2n) is 9.25. The van der Waals surface area contributed by atoms with Crippen LogP contribution < -0.4 is 5.32 Å². The van der Waals surface area contributed by atoms with Gasteiger partial charge in [-0.15, -0.1) is 0 Å². The number of carbonyl (C=O) groups excluding carboxylic acids is 2. The fourth-order valence-corrected chi connectivity index (χ4v) is 4.85. The van der Waals surface area contributed by atoms with Crippen LogP contribution in [0.4, 0.5) is 0 Å². The highest BCUT2D eigenvalue weighted by Gasteiger charge is 2.30. The smallest absolute Gasteiger partial charge is 0.242 e. The SMILES string of the molecule is C[C@@H](C(=O)NC1CCCC1)N(Cc1ccccc1)C(=O)CC(c1ccccc1)c1ccccc1. The maximum Gasteiger partial charge on any atom is 0.242 e. The Bertz CT molecular complexity index is 1010. The topological polar surface area (TPSA) is 49.4 Å². The summed E-state index contributed by atoms with van der Waals surface area (Å²) in [5.41, 5.74) is 3.22. The monoisotopic (exact) mass is 454 g/mol. The van der Waals surface area contributed by atoms with Gasteiger partial charge in [-0.3, -0.25) is 9.59 Å². The van der Waals surface area contributed by atoms with Gasteiger partial charge in [0.1, 0.15) is 6.04 Å². The molecule has 0 saturated heterocycles. The molecule has 1 saturated carbocycles. The van der Waals surface area contributed by atoms with Gasteiger partial charge in [0.2, 0.25) is 11.8 Å². The molecule has 3 aromatic carbocycles. The number of nitrogens with one attached hydrogen (secondary N) is 1. The summed E-state index contributed by atoms with van der Waals surface area (Å²) in [5.74, 6) is -0.152. The number of rotatable bonds is 9. The predicted octanol–water partition coefficient (Wildman–Crippen LogP) is 5.68. The van der Waals surface area contributed by atoms with Crippen LogP contribution in [0.1, 0.15) is 61.6 Å². The van der Waals surface area contributed by atoms with Crippen molar-refractivity contribution < 1.29 is 9.59 Å². The van der Waals surface area contributed by atoms with Gasteiger partial charge >= 0.3 is 0 Å². The first-order valence-corrected chi connectivity index (χ1v) is 12.4. The summed E-state index contributed by atoms with van der Waals surface area (Å²) in [7, 11) is 0. The standard InChI is InChI=1S/C30H34N2O2/c1-23(30(34)31-27-19-11-12-20-27)32(22-24-13-5-2-6-14-24)29(33)21-28(25-15-7-3-8-16-25)26-17-9-4-10-18-26/h2-10,13-18,23,27-28H,11-12,19-22H2,1H3,(H,31,34)/t23-/m0/s1. The van der Waals surface area contributed by atoms with Crippen molar-refractivity contribution in [3.8, 4) is 0 Å². The predicted molar refractivity (Wildman–Crippen MR) is 136 cm³/mol. The van der Waals surface area contributed by atoms with Crippen LogP contribution >= 0.6 is 0 Å². The Hall–Kier alpha value is -3.40. The molecule has 176 valence electrons. The third-order valence-corrected chi connectivity index (χ3v) is 6.85. The zero-order valence-corrected chi connectivity index (χ0v) is 19.9. The quantitative estimate of drug-likeness (QED) is 0.452. The van der Waals surface area contributed by atoms with E-state index in [1.807, 2.05) is 73.7 Å². The molecule has 4 nitrogen and oxygen atoms in total. The summed E-state index contributed by atoms with van der Waals surface area (Å²) < 4.78 is 0. The van der Waals surface area contributed by atoms with Gasteiger partial charge in [-0.05, 0) is 36.5 Å². The highest BCUT2D eigenvalue weighted by molar-refractivity contribution is 5.88. The molecule has 0 heterocycles. The number of nitrogens with zero attached hydrogens (tertiary/aromatic N) is 1. The average molecular weight is 455 g/mol. The van der Waals surface area contributed by atoms with E-state index in [4.69, 9.17) is 0 Å². The lowest BCUT2D eigenvalue weighted by atomic mass is 9.88. The van der Waals surface area contributed by atoms with Crippen molar-refractivity contribution >= 4 is 11.8 Å². The number of carbonyl (C=O) groups is 2. The molecule has 4 rings (SSSR count). The number of hydrogen-bond acceptors (Lipinski definition) is 2. The van der Waals surface area contributed by atoms with E-state index in [-0.39, 0.29) is 23.8 Å². The summed E-state index contributed by atoms with van der Waals surface area (Å²) in [5, 5.41) is 3.18. The van der Waals surface area contributed by atoms with Crippen LogP contribution in [0.5, 0.6) is 0 Å². The number of benzene rings is 3. The van der Waals surface area contributed by atoms with Gasteiger partial charge in [0.05, 0.1) is 0 Å². The minimum atomic E-state index is -0.541. The van der Waals surface area contributed by atoms with Crippen LogP contribution in [0.15, 0.2) is 91.0 Å². The van der Waals surface area contributed by atoms with E-state index in [2.05, 4.69) is 29.6 Å². The summed E-state index contributed by atoms with van der Waals surface area (Å²) >= 11 is 0. The third-order valence-electron chi connectivity index (χ3n) is 6.85. The van der Waals surface area contributed by atoms with E-state index in [0.717, 1.165) is 42.4 Å². The summed E-state index contributed by atoms with van der Waals surface area (Å²) in [4.78, 5) is 28.7. The molecule has 0 unspecified atom stereocenters. The first-order chi connectivity index (χ1) is 16.6. The van der Waals surface area contributed by atoms with Crippen LogP contribution in [0, 0.1) is 0 Å². The largest absolute Gasteiger partial charge is 0.352 e. The first kappa shape index (κ1) is 23.7. The zero-order valence-electron chi connectivity index (χ0n) is 19.9. The maximum atomic E-state index is 13.8. The summed E-state index contributed by atoms with van der Waals surface area (Å²) in [6.45, 7) is 2.26. The van der Waals surface area contributed by atoms with Gasteiger partial charge in [-0.25, -0.2) is 0 Å². The van der Waals surface area contributed by atoms with Crippen LogP contribution in [-0.2, 0) is 16.1 Å². The second-order valence-corrected chi connectivity index (χ2v) is 9.25. The molecule has 0 aliphatic heterocycles. The Morgan fingerprint density at radius 2 is 1.32 bits per heavy atom. The Morgan fingerprint density at radius 1 is 0.824 bits per heavy atom. The minimum Gasteiger partial charge on any atom is -0.352 e. The molecule has 1 aliphatic rings. The lowest BCUT2D eigenvalue weighted by molar-refractivity contribution is -0.141. The molecule has 1 atom stereocenters. The normalized spacial score (nSPS) is 14.6. The lowest BCUT2D eigenvalue weighted by Crippen LogP contribution is -2.49. The van der Waals surface area contributed by atoms with Gasteiger partial charge in [-0.2, -0.15) is 0 Å². The van der Waals surface area contributed by atoms with Gasteiger partial charge in [-0.1, -0.05) is 104 Å². The Kier molecular flexibility index (Phi) is 8.13. The molecule has 4 heteroatoms. The molecular formula is C30H34N2O2. The average Bonchev–Trinajstić information content (AvgIpc) is 3.40. The van der Waals surface area contributed by atoms with E-state index < -0.39 is 6.04 Å². The van der Waals surface area contributed by atoms with Crippen molar-refractivity contribution in [2.75, 3.05) is 0 Å². The van der Waals surface area contributed by atoms with Crippen LogP contribution in [-0.4, -0.2) is 28.8 Å². The van der Waals surface area contributed by atoms with Crippen molar-refractivity contribution in [1.29, 1.82) is 0 Å². The second kappa shape index (κ2) is 11.6.